The van der Waals surface area contributed by atoms with Crippen molar-refractivity contribution in [2.45, 2.75) is 31.9 Å². The molecular weight excluding hydrogens is 296 g/mol. The van der Waals surface area contributed by atoms with Crippen LogP contribution < -0.4 is 14.8 Å². The van der Waals surface area contributed by atoms with Gasteiger partial charge in [0.15, 0.2) is 0 Å². The van der Waals surface area contributed by atoms with E-state index < -0.39 is 0 Å². The second-order valence-electron chi connectivity index (χ2n) is 5.79. The summed E-state index contributed by atoms with van der Waals surface area (Å²) in [4.78, 5) is 15.6. The fourth-order valence-electron chi connectivity index (χ4n) is 2.96. The molecule has 1 fully saturated rings. The van der Waals surface area contributed by atoms with Crippen molar-refractivity contribution in [3.63, 3.8) is 0 Å². The van der Waals surface area contributed by atoms with Gasteiger partial charge in [0.2, 0.25) is 0 Å². The molecule has 6 heteroatoms. The van der Waals surface area contributed by atoms with E-state index >= 15 is 0 Å². The molecule has 2 heterocycles. The minimum Gasteiger partial charge on any atom is -0.497 e. The maximum Gasteiger partial charge on any atom is 0.268 e. The summed E-state index contributed by atoms with van der Waals surface area (Å²) in [7, 11) is 3.19. The summed E-state index contributed by atoms with van der Waals surface area (Å²) in [5.41, 5.74) is 1.28. The van der Waals surface area contributed by atoms with Crippen molar-refractivity contribution in [3.05, 3.63) is 23.9 Å². The topological polar surface area (TPSA) is 72.6 Å². The highest BCUT2D eigenvalue weighted by Gasteiger charge is 2.24. The van der Waals surface area contributed by atoms with Crippen LogP contribution in [0.4, 0.5) is 0 Å². The molecule has 3 rings (SSSR count). The number of hydrogen-bond donors (Lipinski definition) is 2. The maximum atomic E-state index is 12.5. The molecule has 2 atom stereocenters. The number of nitrogens with one attached hydrogen (secondary N) is 2. The molecule has 0 bridgehead atoms. The van der Waals surface area contributed by atoms with Gasteiger partial charge in [0.1, 0.15) is 17.2 Å². The van der Waals surface area contributed by atoms with E-state index in [0.29, 0.717) is 17.2 Å². The van der Waals surface area contributed by atoms with Gasteiger partial charge in [-0.05, 0) is 31.9 Å². The Morgan fingerprint density at radius 1 is 1.35 bits per heavy atom. The van der Waals surface area contributed by atoms with Gasteiger partial charge in [-0.3, -0.25) is 4.79 Å². The summed E-state index contributed by atoms with van der Waals surface area (Å²) >= 11 is 0. The van der Waals surface area contributed by atoms with E-state index in [0.717, 1.165) is 30.4 Å². The molecule has 1 amide bonds. The molecule has 1 aliphatic rings. The number of ether oxygens (including phenoxy) is 3. The first-order valence-corrected chi connectivity index (χ1v) is 7.79. The van der Waals surface area contributed by atoms with Crippen molar-refractivity contribution >= 4 is 16.8 Å². The molecule has 1 saturated heterocycles. The summed E-state index contributed by atoms with van der Waals surface area (Å²) in [5, 5.41) is 3.87. The van der Waals surface area contributed by atoms with Gasteiger partial charge in [-0.25, -0.2) is 0 Å². The molecular formula is C17H22N2O4. The second-order valence-corrected chi connectivity index (χ2v) is 5.79. The highest BCUT2D eigenvalue weighted by Crippen LogP contribution is 2.31. The monoisotopic (exact) mass is 318 g/mol. The number of hydrogen-bond acceptors (Lipinski definition) is 4. The van der Waals surface area contributed by atoms with Crippen molar-refractivity contribution < 1.29 is 19.0 Å². The Kier molecular flexibility index (Phi) is 4.43. The summed E-state index contributed by atoms with van der Waals surface area (Å²) in [6.07, 6.45) is 2.13. The first kappa shape index (κ1) is 15.7. The molecule has 2 N–H and O–H groups in total. The first-order chi connectivity index (χ1) is 11.1. The Balaban J connectivity index is 1.83. The molecule has 6 nitrogen and oxygen atoms in total. The lowest BCUT2D eigenvalue weighted by Crippen LogP contribution is -2.40. The normalized spacial score (nSPS) is 18.8. The number of methoxy groups -OCH3 is 2. The molecule has 0 radical (unpaired) electrons. The molecule has 0 spiro atoms. The van der Waals surface area contributed by atoms with E-state index in [2.05, 4.69) is 10.3 Å². The van der Waals surface area contributed by atoms with Gasteiger partial charge in [-0.1, -0.05) is 0 Å². The number of amides is 1. The number of carbonyl (C=O) groups excluding carboxylic acids is 1. The second kappa shape index (κ2) is 6.50. The number of benzene rings is 1. The van der Waals surface area contributed by atoms with Gasteiger partial charge in [-0.2, -0.15) is 0 Å². The van der Waals surface area contributed by atoms with Gasteiger partial charge in [0.25, 0.3) is 5.91 Å². The van der Waals surface area contributed by atoms with Crippen LogP contribution in [-0.2, 0) is 4.74 Å². The molecule has 124 valence electrons. The number of fused-ring (bicyclic) bond motifs is 1. The van der Waals surface area contributed by atoms with Gasteiger partial charge in [0.05, 0.1) is 31.9 Å². The van der Waals surface area contributed by atoms with Crippen LogP contribution in [0.1, 0.15) is 30.3 Å². The molecule has 1 aliphatic heterocycles. The van der Waals surface area contributed by atoms with Crippen LogP contribution in [0.3, 0.4) is 0 Å². The Bertz CT molecular complexity index is 704. The molecule has 0 saturated carbocycles. The lowest BCUT2D eigenvalue weighted by Gasteiger charge is -2.19. The highest BCUT2D eigenvalue weighted by atomic mass is 16.5. The Morgan fingerprint density at radius 2 is 2.17 bits per heavy atom. The lowest BCUT2D eigenvalue weighted by molar-refractivity contribution is 0.0710. The highest BCUT2D eigenvalue weighted by molar-refractivity contribution is 6.00. The number of aromatic amines is 1. The van der Waals surface area contributed by atoms with E-state index in [-0.39, 0.29) is 18.1 Å². The van der Waals surface area contributed by atoms with Crippen LogP contribution in [0, 0.1) is 0 Å². The van der Waals surface area contributed by atoms with E-state index in [1.165, 1.54) is 0 Å². The zero-order chi connectivity index (χ0) is 16.4. The predicted molar refractivity (Wildman–Crippen MR) is 87.3 cm³/mol. The van der Waals surface area contributed by atoms with Crippen LogP contribution in [-0.4, -0.2) is 43.9 Å². The third-order valence-corrected chi connectivity index (χ3v) is 4.25. The summed E-state index contributed by atoms with van der Waals surface area (Å²) < 4.78 is 16.2. The van der Waals surface area contributed by atoms with Crippen LogP contribution in [0.2, 0.25) is 0 Å². The number of aromatic nitrogens is 1. The quantitative estimate of drug-likeness (QED) is 0.888. The van der Waals surface area contributed by atoms with E-state index in [4.69, 9.17) is 14.2 Å². The largest absolute Gasteiger partial charge is 0.497 e. The van der Waals surface area contributed by atoms with E-state index in [9.17, 15) is 4.79 Å². The third-order valence-electron chi connectivity index (χ3n) is 4.25. The molecule has 1 aromatic heterocycles. The van der Waals surface area contributed by atoms with E-state index in [1.54, 1.807) is 26.4 Å². The third kappa shape index (κ3) is 3.12. The number of rotatable bonds is 5. The van der Waals surface area contributed by atoms with Crippen LogP contribution >= 0.6 is 0 Å². The lowest BCUT2D eigenvalue weighted by atomic mass is 10.1. The first-order valence-electron chi connectivity index (χ1n) is 7.79. The average molecular weight is 318 g/mol. The zero-order valence-corrected chi connectivity index (χ0v) is 13.6. The van der Waals surface area contributed by atoms with E-state index in [1.807, 2.05) is 13.0 Å². The van der Waals surface area contributed by atoms with Crippen LogP contribution in [0.5, 0.6) is 11.5 Å². The summed E-state index contributed by atoms with van der Waals surface area (Å²) in [6, 6.07) is 5.44. The number of carbonyl (C=O) groups is 1. The molecule has 23 heavy (non-hydrogen) atoms. The maximum absolute atomic E-state index is 12.5. The molecule has 2 unspecified atom stereocenters. The van der Waals surface area contributed by atoms with Crippen molar-refractivity contribution in [1.29, 1.82) is 0 Å². The molecule has 1 aromatic carbocycles. The van der Waals surface area contributed by atoms with Crippen molar-refractivity contribution in [1.82, 2.24) is 10.3 Å². The fraction of sp³-hybridized carbons (Fsp3) is 0.471. The molecule has 0 aliphatic carbocycles. The van der Waals surface area contributed by atoms with Gasteiger partial charge < -0.3 is 24.5 Å². The van der Waals surface area contributed by atoms with Crippen molar-refractivity contribution in [2.75, 3.05) is 20.8 Å². The van der Waals surface area contributed by atoms with Gasteiger partial charge in [0, 0.05) is 18.1 Å². The average Bonchev–Trinajstić information content (AvgIpc) is 3.22. The Hall–Kier alpha value is -2.21. The predicted octanol–water partition coefficient (Wildman–Crippen LogP) is 2.48. The summed E-state index contributed by atoms with van der Waals surface area (Å²) in [6.45, 7) is 2.74. The molecule has 2 aromatic rings. The van der Waals surface area contributed by atoms with Crippen molar-refractivity contribution in [2.24, 2.45) is 0 Å². The SMILES string of the molecule is COc1cc(OC)c2[nH]c(C(=O)NC(C)C3CCCO3)cc2c1. The zero-order valence-electron chi connectivity index (χ0n) is 13.6. The minimum absolute atomic E-state index is 0.0205. The van der Waals surface area contributed by atoms with Crippen LogP contribution in [0.15, 0.2) is 18.2 Å². The fourth-order valence-corrected chi connectivity index (χ4v) is 2.96. The van der Waals surface area contributed by atoms with Crippen molar-refractivity contribution in [3.8, 4) is 11.5 Å². The van der Waals surface area contributed by atoms with Gasteiger partial charge >= 0.3 is 0 Å². The van der Waals surface area contributed by atoms with Crippen LogP contribution in [0.25, 0.3) is 10.9 Å². The number of H-pyrrole nitrogens is 1. The summed E-state index contributed by atoms with van der Waals surface area (Å²) in [5.74, 6) is 1.18. The Morgan fingerprint density at radius 3 is 2.83 bits per heavy atom. The Labute approximate surface area is 135 Å². The van der Waals surface area contributed by atoms with Gasteiger partial charge in [-0.15, -0.1) is 0 Å². The minimum atomic E-state index is -0.148. The smallest absolute Gasteiger partial charge is 0.268 e. The standard InChI is InChI=1S/C17H22N2O4/c1-10(14-5-4-6-23-14)18-17(20)13-8-11-7-12(21-2)9-15(22-3)16(11)19-13/h7-10,14,19H,4-6H2,1-3H3,(H,18,20).